The van der Waals surface area contributed by atoms with Crippen molar-refractivity contribution in [1.29, 1.82) is 0 Å². The van der Waals surface area contributed by atoms with Crippen LogP contribution in [-0.4, -0.2) is 17.8 Å². The molecule has 1 aliphatic heterocycles. The molecule has 0 unspecified atom stereocenters. The summed E-state index contributed by atoms with van der Waals surface area (Å²) >= 11 is 5.83. The van der Waals surface area contributed by atoms with E-state index in [9.17, 15) is 19.2 Å². The van der Waals surface area contributed by atoms with Crippen molar-refractivity contribution in [3.05, 3.63) is 81.2 Å². The van der Waals surface area contributed by atoms with Gasteiger partial charge in [0.15, 0.2) is 5.43 Å². The third-order valence-corrected chi connectivity index (χ3v) is 4.45. The molecule has 0 radical (unpaired) electrons. The first kappa shape index (κ1) is 17.7. The lowest BCUT2D eigenvalue weighted by atomic mass is 10.1. The average molecular weight is 395 g/mol. The minimum Gasteiger partial charge on any atom is -0.463 e. The normalized spacial score (nSPS) is 16.0. The van der Waals surface area contributed by atoms with Crippen molar-refractivity contribution in [2.24, 2.45) is 0 Å². The maximum absolute atomic E-state index is 12.8. The van der Waals surface area contributed by atoms with Gasteiger partial charge in [0.2, 0.25) is 0 Å². The van der Waals surface area contributed by atoms with Gasteiger partial charge >= 0.3 is 6.03 Å². The van der Waals surface area contributed by atoms with E-state index < -0.39 is 23.3 Å². The number of imide groups is 2. The Morgan fingerprint density at radius 1 is 0.964 bits per heavy atom. The van der Waals surface area contributed by atoms with Gasteiger partial charge in [-0.05, 0) is 42.5 Å². The van der Waals surface area contributed by atoms with Crippen LogP contribution >= 0.6 is 11.6 Å². The summed E-state index contributed by atoms with van der Waals surface area (Å²) in [6.07, 6.45) is 2.28. The Morgan fingerprint density at radius 3 is 2.43 bits per heavy atom. The van der Waals surface area contributed by atoms with E-state index in [1.54, 1.807) is 24.3 Å². The molecule has 0 saturated carbocycles. The fourth-order valence-electron chi connectivity index (χ4n) is 2.83. The number of rotatable bonds is 2. The summed E-state index contributed by atoms with van der Waals surface area (Å²) in [5, 5.41) is 2.83. The number of barbiturate groups is 1. The van der Waals surface area contributed by atoms with Crippen molar-refractivity contribution in [3.8, 4) is 0 Å². The van der Waals surface area contributed by atoms with Gasteiger partial charge in [-0.2, -0.15) is 0 Å². The Labute approximate surface area is 162 Å². The maximum atomic E-state index is 12.8. The standard InChI is InChI=1S/C20H11ClN2O5/c21-12-5-7-13(8-6-12)23-19(26)15(18(25)22-20(23)27)9-11-10-28-16-4-2-1-3-14(16)17(11)24/h1-10H,(H,22,25,27)/b15-9+. The molecule has 1 saturated heterocycles. The third-order valence-electron chi connectivity index (χ3n) is 4.19. The van der Waals surface area contributed by atoms with Gasteiger partial charge in [0.1, 0.15) is 17.4 Å². The second-order valence-electron chi connectivity index (χ2n) is 5.95. The first-order chi connectivity index (χ1) is 13.5. The molecular formula is C20H11ClN2O5. The molecule has 0 atom stereocenters. The van der Waals surface area contributed by atoms with Gasteiger partial charge < -0.3 is 4.42 Å². The van der Waals surface area contributed by atoms with Gasteiger partial charge in [0.25, 0.3) is 11.8 Å². The molecule has 1 aromatic heterocycles. The molecule has 4 amide bonds. The fraction of sp³-hybridized carbons (Fsp3) is 0. The zero-order valence-electron chi connectivity index (χ0n) is 14.1. The largest absolute Gasteiger partial charge is 0.463 e. The van der Waals surface area contributed by atoms with Gasteiger partial charge in [0, 0.05) is 5.02 Å². The molecule has 2 heterocycles. The van der Waals surface area contributed by atoms with E-state index >= 15 is 0 Å². The number of fused-ring (bicyclic) bond motifs is 1. The summed E-state index contributed by atoms with van der Waals surface area (Å²) in [6.45, 7) is 0. The van der Waals surface area contributed by atoms with Crippen LogP contribution in [0.1, 0.15) is 5.56 Å². The summed E-state index contributed by atoms with van der Waals surface area (Å²) in [5.41, 5.74) is -0.132. The molecule has 138 valence electrons. The highest BCUT2D eigenvalue weighted by Crippen LogP contribution is 2.23. The molecule has 0 bridgehead atoms. The van der Waals surface area contributed by atoms with Crippen LogP contribution in [0.4, 0.5) is 10.5 Å². The summed E-state index contributed by atoms with van der Waals surface area (Å²) in [4.78, 5) is 50.6. The second kappa shape index (κ2) is 6.79. The molecule has 4 rings (SSSR count). The molecule has 0 spiro atoms. The number of urea groups is 1. The Bertz CT molecular complexity index is 1230. The van der Waals surface area contributed by atoms with Crippen LogP contribution in [0.25, 0.3) is 17.0 Å². The van der Waals surface area contributed by atoms with E-state index in [1.807, 2.05) is 0 Å². The lowest BCUT2D eigenvalue weighted by Gasteiger charge is -2.26. The predicted octanol–water partition coefficient (Wildman–Crippen LogP) is 3.11. The zero-order valence-corrected chi connectivity index (χ0v) is 14.9. The Hall–Kier alpha value is -3.71. The van der Waals surface area contributed by atoms with Gasteiger partial charge in [-0.15, -0.1) is 0 Å². The number of benzene rings is 2. The molecule has 1 fully saturated rings. The minimum atomic E-state index is -0.896. The number of hydrogen-bond acceptors (Lipinski definition) is 5. The summed E-state index contributed by atoms with van der Waals surface area (Å²) in [6, 6.07) is 11.7. The van der Waals surface area contributed by atoms with Gasteiger partial charge in [-0.3, -0.25) is 19.7 Å². The molecule has 1 N–H and O–H groups in total. The molecule has 3 aromatic rings. The van der Waals surface area contributed by atoms with E-state index in [2.05, 4.69) is 5.32 Å². The van der Waals surface area contributed by atoms with Crippen molar-refractivity contribution in [1.82, 2.24) is 5.32 Å². The SMILES string of the molecule is O=C1NC(=O)N(c2ccc(Cl)cc2)C(=O)/C1=C/c1coc2ccccc2c1=O. The smallest absolute Gasteiger partial charge is 0.335 e. The number of nitrogens with zero attached hydrogens (tertiary/aromatic N) is 1. The highest BCUT2D eigenvalue weighted by molar-refractivity contribution is 6.39. The molecule has 8 heteroatoms. The second-order valence-corrected chi connectivity index (χ2v) is 6.39. The van der Waals surface area contributed by atoms with Crippen molar-refractivity contribution >= 4 is 52.2 Å². The van der Waals surface area contributed by atoms with E-state index in [1.165, 1.54) is 30.5 Å². The number of amides is 4. The quantitative estimate of drug-likeness (QED) is 0.532. The average Bonchev–Trinajstić information content (AvgIpc) is 2.68. The lowest BCUT2D eigenvalue weighted by molar-refractivity contribution is -0.122. The van der Waals surface area contributed by atoms with E-state index in [0.29, 0.717) is 16.0 Å². The number of hydrogen-bond donors (Lipinski definition) is 1. The number of anilines is 1. The predicted molar refractivity (Wildman–Crippen MR) is 103 cm³/mol. The summed E-state index contributed by atoms with van der Waals surface area (Å²) in [5.74, 6) is -1.75. The highest BCUT2D eigenvalue weighted by Gasteiger charge is 2.37. The monoisotopic (exact) mass is 394 g/mol. The number of halogens is 1. The van der Waals surface area contributed by atoms with Crippen LogP contribution < -0.4 is 15.6 Å². The topological polar surface area (TPSA) is 96.7 Å². The highest BCUT2D eigenvalue weighted by atomic mass is 35.5. The fourth-order valence-corrected chi connectivity index (χ4v) is 2.96. The Morgan fingerprint density at radius 2 is 1.68 bits per heavy atom. The minimum absolute atomic E-state index is 0.0163. The van der Waals surface area contributed by atoms with Crippen LogP contribution in [0.5, 0.6) is 0 Å². The van der Waals surface area contributed by atoms with Crippen molar-refractivity contribution in [3.63, 3.8) is 0 Å². The Kier molecular flexibility index (Phi) is 4.29. The molecule has 7 nitrogen and oxygen atoms in total. The van der Waals surface area contributed by atoms with Crippen LogP contribution in [0.15, 0.2) is 69.6 Å². The van der Waals surface area contributed by atoms with Gasteiger partial charge in [-0.25, -0.2) is 9.69 Å². The Balaban J connectivity index is 1.80. The molecule has 0 aliphatic carbocycles. The van der Waals surface area contributed by atoms with E-state index in [4.69, 9.17) is 16.0 Å². The number of nitrogens with one attached hydrogen (secondary N) is 1. The number of carbonyl (C=O) groups excluding carboxylic acids is 3. The number of carbonyl (C=O) groups is 3. The van der Waals surface area contributed by atoms with Crippen LogP contribution in [0.3, 0.4) is 0 Å². The maximum Gasteiger partial charge on any atom is 0.335 e. The zero-order chi connectivity index (χ0) is 19.8. The van der Waals surface area contributed by atoms with Gasteiger partial charge in [-0.1, -0.05) is 23.7 Å². The first-order valence-corrected chi connectivity index (χ1v) is 8.51. The summed E-state index contributed by atoms with van der Waals surface area (Å²) in [7, 11) is 0. The van der Waals surface area contributed by atoms with Crippen molar-refractivity contribution in [2.45, 2.75) is 0 Å². The van der Waals surface area contributed by atoms with E-state index in [0.717, 1.165) is 11.0 Å². The summed E-state index contributed by atoms with van der Waals surface area (Å²) < 4.78 is 5.40. The van der Waals surface area contributed by atoms with Gasteiger partial charge in [0.05, 0.1) is 16.6 Å². The van der Waals surface area contributed by atoms with Crippen LogP contribution in [0, 0.1) is 0 Å². The van der Waals surface area contributed by atoms with Crippen molar-refractivity contribution < 1.29 is 18.8 Å². The lowest BCUT2D eigenvalue weighted by Crippen LogP contribution is -2.54. The van der Waals surface area contributed by atoms with Crippen molar-refractivity contribution in [2.75, 3.05) is 4.90 Å². The first-order valence-electron chi connectivity index (χ1n) is 8.13. The third kappa shape index (κ3) is 2.97. The van der Waals surface area contributed by atoms with Crippen LogP contribution in [0.2, 0.25) is 5.02 Å². The molecular weight excluding hydrogens is 384 g/mol. The number of para-hydroxylation sites is 1. The molecule has 1 aliphatic rings. The molecule has 2 aromatic carbocycles. The molecule has 28 heavy (non-hydrogen) atoms. The van der Waals surface area contributed by atoms with E-state index in [-0.39, 0.29) is 16.8 Å². The van der Waals surface area contributed by atoms with Crippen LogP contribution in [-0.2, 0) is 9.59 Å².